The van der Waals surface area contributed by atoms with Crippen LogP contribution in [0.1, 0.15) is 31.9 Å². The van der Waals surface area contributed by atoms with Crippen molar-refractivity contribution in [2.75, 3.05) is 24.5 Å². The Morgan fingerprint density at radius 3 is 2.20 bits per heavy atom. The molecule has 3 aromatic carbocycles. The number of hydrogen-bond donors (Lipinski definition) is 1. The summed E-state index contributed by atoms with van der Waals surface area (Å²) in [6, 6.07) is 19.5. The number of ether oxygens (including phenoxy) is 1. The van der Waals surface area contributed by atoms with Crippen molar-refractivity contribution in [3.05, 3.63) is 88.4 Å². The van der Waals surface area contributed by atoms with E-state index in [2.05, 4.69) is 21.2 Å². The first-order valence-corrected chi connectivity index (χ1v) is 15.2. The number of rotatable bonds is 12. The van der Waals surface area contributed by atoms with Crippen LogP contribution in [0.3, 0.4) is 0 Å². The van der Waals surface area contributed by atoms with Gasteiger partial charge in [0.15, 0.2) is 0 Å². The van der Waals surface area contributed by atoms with E-state index in [-0.39, 0.29) is 23.3 Å². The van der Waals surface area contributed by atoms with Gasteiger partial charge in [-0.15, -0.1) is 0 Å². The van der Waals surface area contributed by atoms with Crippen LogP contribution in [0.2, 0.25) is 0 Å². The minimum atomic E-state index is -4.13. The maximum Gasteiger partial charge on any atom is 0.264 e. The Morgan fingerprint density at radius 1 is 0.975 bits per heavy atom. The summed E-state index contributed by atoms with van der Waals surface area (Å²) in [4.78, 5) is 28.5. The van der Waals surface area contributed by atoms with Crippen molar-refractivity contribution >= 4 is 43.5 Å². The molecule has 3 aromatic rings. The number of amides is 2. The Bertz CT molecular complexity index is 1410. The highest BCUT2D eigenvalue weighted by Gasteiger charge is 2.32. The first kappa shape index (κ1) is 31.2. The molecule has 1 N–H and O–H groups in total. The molecular weight excluding hydrogens is 594 g/mol. The number of carbonyl (C=O) groups is 2. The van der Waals surface area contributed by atoms with Crippen LogP contribution >= 0.6 is 15.9 Å². The molecule has 0 aliphatic carbocycles. The van der Waals surface area contributed by atoms with E-state index in [0.717, 1.165) is 19.9 Å². The van der Waals surface area contributed by atoms with Crippen molar-refractivity contribution in [2.24, 2.45) is 5.92 Å². The van der Waals surface area contributed by atoms with Crippen molar-refractivity contribution in [2.45, 2.75) is 45.2 Å². The van der Waals surface area contributed by atoms with Gasteiger partial charge in [0.05, 0.1) is 17.7 Å². The van der Waals surface area contributed by atoms with Crippen LogP contribution in [0.5, 0.6) is 5.75 Å². The van der Waals surface area contributed by atoms with Gasteiger partial charge in [-0.1, -0.05) is 59.6 Å². The van der Waals surface area contributed by atoms with Gasteiger partial charge < -0.3 is 15.0 Å². The maximum absolute atomic E-state index is 14.0. The molecule has 0 heterocycles. The number of carbonyl (C=O) groups excluding carboxylic acids is 2. The molecular formula is C30H36BrN3O5S. The highest BCUT2D eigenvalue weighted by molar-refractivity contribution is 9.10. The second-order valence-corrected chi connectivity index (χ2v) is 12.8. The molecule has 40 heavy (non-hydrogen) atoms. The van der Waals surface area contributed by atoms with Crippen LogP contribution in [0.4, 0.5) is 5.69 Å². The number of nitrogens with zero attached hydrogens (tertiary/aromatic N) is 2. The first-order valence-electron chi connectivity index (χ1n) is 13.0. The Kier molecular flexibility index (Phi) is 10.8. The Labute approximate surface area is 245 Å². The largest absolute Gasteiger partial charge is 0.497 e. The topological polar surface area (TPSA) is 96.0 Å². The zero-order valence-corrected chi connectivity index (χ0v) is 25.8. The molecule has 0 radical (unpaired) electrons. The number of nitrogens with one attached hydrogen (secondary N) is 1. The summed E-state index contributed by atoms with van der Waals surface area (Å²) in [5.74, 6) is -0.0433. The lowest BCUT2D eigenvalue weighted by Crippen LogP contribution is -2.51. The monoisotopic (exact) mass is 629 g/mol. The van der Waals surface area contributed by atoms with E-state index in [1.807, 2.05) is 45.0 Å². The quantitative estimate of drug-likeness (QED) is 0.299. The van der Waals surface area contributed by atoms with Gasteiger partial charge in [0.1, 0.15) is 18.3 Å². The molecule has 0 saturated heterocycles. The molecule has 0 fully saturated rings. The molecule has 0 unspecified atom stereocenters. The van der Waals surface area contributed by atoms with Gasteiger partial charge >= 0.3 is 0 Å². The molecule has 3 rings (SSSR count). The molecule has 10 heteroatoms. The fraction of sp³-hybridized carbons (Fsp3) is 0.333. The third-order valence-electron chi connectivity index (χ3n) is 6.34. The summed E-state index contributed by atoms with van der Waals surface area (Å²) >= 11 is 3.45. The van der Waals surface area contributed by atoms with Gasteiger partial charge in [-0.2, -0.15) is 0 Å². The summed E-state index contributed by atoms with van der Waals surface area (Å²) in [6.45, 7) is 7.57. The lowest BCUT2D eigenvalue weighted by atomic mass is 10.1. The van der Waals surface area contributed by atoms with Crippen LogP contribution in [0, 0.1) is 12.8 Å². The normalized spacial score (nSPS) is 12.1. The SMILES string of the molecule is COc1ccc(N(CC(=O)N(Cc2cccc(Br)c2)[C@H](C)C(=O)NCC(C)C)S(=O)(=O)c2ccc(C)cc2)cc1. The molecule has 1 atom stereocenters. The number of benzene rings is 3. The minimum Gasteiger partial charge on any atom is -0.497 e. The summed E-state index contributed by atoms with van der Waals surface area (Å²) in [5, 5.41) is 2.89. The number of halogens is 1. The molecule has 214 valence electrons. The van der Waals surface area contributed by atoms with E-state index in [1.165, 1.54) is 24.1 Å². The number of aryl methyl sites for hydroxylation is 1. The third kappa shape index (κ3) is 8.08. The molecule has 0 aromatic heterocycles. The molecule has 0 saturated carbocycles. The molecule has 8 nitrogen and oxygen atoms in total. The highest BCUT2D eigenvalue weighted by atomic mass is 79.9. The van der Waals surface area contributed by atoms with Crippen LogP contribution < -0.4 is 14.4 Å². The second kappa shape index (κ2) is 13.8. The van der Waals surface area contributed by atoms with Gasteiger partial charge in [0, 0.05) is 17.6 Å². The maximum atomic E-state index is 14.0. The fourth-order valence-electron chi connectivity index (χ4n) is 3.98. The molecule has 0 aliphatic heterocycles. The van der Waals surface area contributed by atoms with E-state index in [0.29, 0.717) is 18.0 Å². The van der Waals surface area contributed by atoms with Gasteiger partial charge in [0.2, 0.25) is 11.8 Å². The lowest BCUT2D eigenvalue weighted by molar-refractivity contribution is -0.139. The van der Waals surface area contributed by atoms with Crippen LogP contribution in [0.25, 0.3) is 0 Å². The molecule has 0 spiro atoms. The predicted molar refractivity (Wildman–Crippen MR) is 161 cm³/mol. The standard InChI is InChI=1S/C30H36BrN3O5S/c1-21(2)18-32-30(36)23(4)33(19-24-7-6-8-25(31)17-24)29(35)20-34(26-11-13-27(39-5)14-12-26)40(37,38)28-15-9-22(3)10-16-28/h6-17,21,23H,18-20H2,1-5H3,(H,32,36)/t23-/m1/s1. The predicted octanol–water partition coefficient (Wildman–Crippen LogP) is 5.15. The van der Waals surface area contributed by atoms with Crippen LogP contribution in [0.15, 0.2) is 82.2 Å². The first-order chi connectivity index (χ1) is 18.9. The molecule has 0 aliphatic rings. The molecule has 0 bridgehead atoms. The van der Waals surface area contributed by atoms with Crippen molar-refractivity contribution in [1.82, 2.24) is 10.2 Å². The van der Waals surface area contributed by atoms with Gasteiger partial charge in [-0.05, 0) is 73.9 Å². The Balaban J connectivity index is 2.02. The van der Waals surface area contributed by atoms with Crippen molar-refractivity contribution < 1.29 is 22.7 Å². The minimum absolute atomic E-state index is 0.0583. The van der Waals surface area contributed by atoms with E-state index < -0.39 is 28.5 Å². The van der Waals surface area contributed by atoms with Gasteiger partial charge in [0.25, 0.3) is 10.0 Å². The summed E-state index contributed by atoms with van der Waals surface area (Å²) in [5.41, 5.74) is 2.00. The van der Waals surface area contributed by atoms with E-state index in [1.54, 1.807) is 43.3 Å². The molecule has 2 amide bonds. The Morgan fingerprint density at radius 2 is 1.62 bits per heavy atom. The number of methoxy groups -OCH3 is 1. The Hall–Kier alpha value is -3.37. The van der Waals surface area contributed by atoms with E-state index >= 15 is 0 Å². The van der Waals surface area contributed by atoms with Gasteiger partial charge in [-0.3, -0.25) is 13.9 Å². The third-order valence-corrected chi connectivity index (χ3v) is 8.62. The zero-order chi connectivity index (χ0) is 29.4. The van der Waals surface area contributed by atoms with Crippen molar-refractivity contribution in [3.63, 3.8) is 0 Å². The average molecular weight is 631 g/mol. The zero-order valence-electron chi connectivity index (χ0n) is 23.4. The van der Waals surface area contributed by atoms with Crippen molar-refractivity contribution in [1.29, 1.82) is 0 Å². The van der Waals surface area contributed by atoms with E-state index in [9.17, 15) is 18.0 Å². The van der Waals surface area contributed by atoms with Gasteiger partial charge in [-0.25, -0.2) is 8.42 Å². The number of anilines is 1. The number of hydrogen-bond acceptors (Lipinski definition) is 5. The van der Waals surface area contributed by atoms with Crippen LogP contribution in [-0.4, -0.2) is 51.4 Å². The smallest absolute Gasteiger partial charge is 0.264 e. The van der Waals surface area contributed by atoms with Crippen LogP contribution in [-0.2, 0) is 26.2 Å². The van der Waals surface area contributed by atoms with E-state index in [4.69, 9.17) is 4.74 Å². The second-order valence-electron chi connectivity index (χ2n) is 9.99. The highest BCUT2D eigenvalue weighted by Crippen LogP contribution is 2.27. The van der Waals surface area contributed by atoms with Crippen molar-refractivity contribution in [3.8, 4) is 5.75 Å². The number of sulfonamides is 1. The summed E-state index contributed by atoms with van der Waals surface area (Å²) in [6.07, 6.45) is 0. The average Bonchev–Trinajstić information content (AvgIpc) is 2.93. The summed E-state index contributed by atoms with van der Waals surface area (Å²) in [7, 11) is -2.61. The fourth-order valence-corrected chi connectivity index (χ4v) is 5.84. The lowest BCUT2D eigenvalue weighted by Gasteiger charge is -2.32. The summed E-state index contributed by atoms with van der Waals surface area (Å²) < 4.78 is 34.9.